The summed E-state index contributed by atoms with van der Waals surface area (Å²) in [5.41, 5.74) is -0.0778. The highest BCUT2D eigenvalue weighted by atomic mass is 16.4. The van der Waals surface area contributed by atoms with Crippen LogP contribution in [0.1, 0.15) is 6.42 Å². The first-order valence-corrected chi connectivity index (χ1v) is 6.45. The zero-order valence-corrected chi connectivity index (χ0v) is 10.6. The fourth-order valence-electron chi connectivity index (χ4n) is 2.87. The second-order valence-electron chi connectivity index (χ2n) is 5.24. The third-order valence-electron chi connectivity index (χ3n) is 3.77. The SMILES string of the molecule is O=C(O)CN1CCC2(C=CN=c3ccccc3=C2)C1. The van der Waals surface area contributed by atoms with Crippen LogP contribution in [0.15, 0.2) is 41.5 Å². The second kappa shape index (κ2) is 4.63. The molecule has 1 aromatic rings. The van der Waals surface area contributed by atoms with Crippen molar-refractivity contribution in [2.45, 2.75) is 6.42 Å². The number of carboxylic acid groups (broad SMARTS) is 1. The van der Waals surface area contributed by atoms with Gasteiger partial charge in [0.25, 0.3) is 0 Å². The Labute approximate surface area is 111 Å². The van der Waals surface area contributed by atoms with Gasteiger partial charge in [0.2, 0.25) is 0 Å². The number of fused-ring (bicyclic) bond motifs is 1. The monoisotopic (exact) mass is 256 g/mol. The topological polar surface area (TPSA) is 52.9 Å². The minimum atomic E-state index is -0.764. The molecule has 2 heterocycles. The van der Waals surface area contributed by atoms with Crippen LogP contribution in [0, 0.1) is 5.41 Å². The van der Waals surface area contributed by atoms with Crippen LogP contribution in [-0.2, 0) is 4.79 Å². The lowest BCUT2D eigenvalue weighted by atomic mass is 9.86. The van der Waals surface area contributed by atoms with Crippen molar-refractivity contribution in [2.75, 3.05) is 19.6 Å². The molecule has 4 heteroatoms. The molecule has 0 aromatic heterocycles. The lowest BCUT2D eigenvalue weighted by Gasteiger charge is -2.20. The van der Waals surface area contributed by atoms with Gasteiger partial charge in [-0.15, -0.1) is 0 Å². The first-order chi connectivity index (χ1) is 9.17. The molecule has 98 valence electrons. The van der Waals surface area contributed by atoms with Crippen LogP contribution in [0.3, 0.4) is 0 Å². The van der Waals surface area contributed by atoms with E-state index in [-0.39, 0.29) is 12.0 Å². The number of carbonyl (C=O) groups is 1. The number of benzene rings is 1. The van der Waals surface area contributed by atoms with Gasteiger partial charge in [-0.2, -0.15) is 0 Å². The lowest BCUT2D eigenvalue weighted by molar-refractivity contribution is -0.138. The van der Waals surface area contributed by atoms with Crippen molar-refractivity contribution in [3.05, 3.63) is 47.1 Å². The Morgan fingerprint density at radius 1 is 1.42 bits per heavy atom. The van der Waals surface area contributed by atoms with Gasteiger partial charge in [0, 0.05) is 18.2 Å². The van der Waals surface area contributed by atoms with Crippen molar-refractivity contribution in [3.63, 3.8) is 0 Å². The van der Waals surface area contributed by atoms with Gasteiger partial charge in [-0.1, -0.05) is 30.4 Å². The van der Waals surface area contributed by atoms with Gasteiger partial charge in [0.05, 0.1) is 11.9 Å². The number of rotatable bonds is 2. The molecule has 0 radical (unpaired) electrons. The maximum absolute atomic E-state index is 10.8. The quantitative estimate of drug-likeness (QED) is 0.833. The van der Waals surface area contributed by atoms with Crippen LogP contribution in [0.25, 0.3) is 6.08 Å². The summed E-state index contributed by atoms with van der Waals surface area (Å²) < 4.78 is 0. The molecule has 4 nitrogen and oxygen atoms in total. The second-order valence-corrected chi connectivity index (χ2v) is 5.24. The fourth-order valence-corrected chi connectivity index (χ4v) is 2.87. The first-order valence-electron chi connectivity index (χ1n) is 6.45. The number of hydrogen-bond acceptors (Lipinski definition) is 3. The summed E-state index contributed by atoms with van der Waals surface area (Å²) in [7, 11) is 0. The summed E-state index contributed by atoms with van der Waals surface area (Å²) in [6.07, 6.45) is 7.14. The van der Waals surface area contributed by atoms with Crippen molar-refractivity contribution in [2.24, 2.45) is 10.4 Å². The standard InChI is InChI=1S/C15H16N2O2/c18-14(19)10-17-8-6-15(11-17)5-7-16-13-4-2-1-3-12(13)9-15/h1-5,7,9H,6,8,10-11H2,(H,18,19). The largest absolute Gasteiger partial charge is 0.480 e. The van der Waals surface area contributed by atoms with Crippen LogP contribution >= 0.6 is 0 Å². The number of hydrogen-bond donors (Lipinski definition) is 1. The summed E-state index contributed by atoms with van der Waals surface area (Å²) in [5, 5.41) is 11.0. The van der Waals surface area contributed by atoms with Crippen molar-refractivity contribution in [3.8, 4) is 0 Å². The molecule has 0 aliphatic carbocycles. The molecule has 1 atom stereocenters. The summed E-state index contributed by atoms with van der Waals surface area (Å²) in [4.78, 5) is 17.2. The molecule has 2 aliphatic heterocycles. The summed E-state index contributed by atoms with van der Waals surface area (Å²) in [6, 6.07) is 8.05. The number of carboxylic acids is 1. The zero-order valence-electron chi connectivity index (χ0n) is 10.6. The maximum atomic E-state index is 10.8. The predicted molar refractivity (Wildman–Crippen MR) is 72.0 cm³/mol. The molecule has 1 N–H and O–H groups in total. The molecule has 1 aromatic carbocycles. The highest BCUT2D eigenvalue weighted by molar-refractivity contribution is 5.69. The van der Waals surface area contributed by atoms with Crippen molar-refractivity contribution < 1.29 is 9.90 Å². The molecule has 1 unspecified atom stereocenters. The Morgan fingerprint density at radius 2 is 2.26 bits per heavy atom. The Balaban J connectivity index is 1.95. The Hall–Kier alpha value is -1.94. The molecule has 0 saturated carbocycles. The van der Waals surface area contributed by atoms with Crippen LogP contribution in [0.2, 0.25) is 0 Å². The van der Waals surface area contributed by atoms with Gasteiger partial charge in [-0.25, -0.2) is 0 Å². The van der Waals surface area contributed by atoms with E-state index in [1.54, 1.807) is 0 Å². The normalized spacial score (nSPS) is 25.5. The third-order valence-corrected chi connectivity index (χ3v) is 3.77. The fraction of sp³-hybridized carbons (Fsp3) is 0.333. The third kappa shape index (κ3) is 2.44. The van der Waals surface area contributed by atoms with Crippen molar-refractivity contribution >= 4 is 12.0 Å². The van der Waals surface area contributed by atoms with Crippen LogP contribution in [0.5, 0.6) is 0 Å². The van der Waals surface area contributed by atoms with Crippen LogP contribution in [0.4, 0.5) is 0 Å². The maximum Gasteiger partial charge on any atom is 0.317 e. The van der Waals surface area contributed by atoms with E-state index in [1.807, 2.05) is 29.3 Å². The molecular weight excluding hydrogens is 240 g/mol. The highest BCUT2D eigenvalue weighted by Crippen LogP contribution is 2.34. The summed E-state index contributed by atoms with van der Waals surface area (Å²) in [5.74, 6) is -0.764. The van der Waals surface area contributed by atoms with Crippen molar-refractivity contribution in [1.29, 1.82) is 0 Å². The summed E-state index contributed by atoms with van der Waals surface area (Å²) in [6.45, 7) is 1.68. The molecule has 0 amide bonds. The summed E-state index contributed by atoms with van der Waals surface area (Å²) >= 11 is 0. The van der Waals surface area contributed by atoms with Gasteiger partial charge >= 0.3 is 5.97 Å². The molecule has 19 heavy (non-hydrogen) atoms. The predicted octanol–water partition coefficient (Wildman–Crippen LogP) is 0.391. The van der Waals surface area contributed by atoms with E-state index in [1.165, 1.54) is 0 Å². The average molecular weight is 256 g/mol. The molecule has 1 fully saturated rings. The highest BCUT2D eigenvalue weighted by Gasteiger charge is 2.35. The van der Waals surface area contributed by atoms with Gasteiger partial charge in [0.15, 0.2) is 0 Å². The first kappa shape index (κ1) is 12.1. The molecule has 3 rings (SSSR count). The minimum Gasteiger partial charge on any atom is -0.480 e. The van der Waals surface area contributed by atoms with E-state index in [4.69, 9.17) is 5.11 Å². The van der Waals surface area contributed by atoms with Gasteiger partial charge < -0.3 is 5.11 Å². The van der Waals surface area contributed by atoms with Crippen LogP contribution < -0.4 is 10.6 Å². The van der Waals surface area contributed by atoms with E-state index >= 15 is 0 Å². The average Bonchev–Trinajstić information content (AvgIpc) is 2.65. The van der Waals surface area contributed by atoms with Crippen LogP contribution in [-0.4, -0.2) is 35.6 Å². The Bertz CT molecular complexity index is 650. The number of likely N-dealkylation sites (tertiary alicyclic amines) is 1. The van der Waals surface area contributed by atoms with Crippen molar-refractivity contribution in [1.82, 2.24) is 4.90 Å². The lowest BCUT2D eigenvalue weighted by Crippen LogP contribution is -2.31. The van der Waals surface area contributed by atoms with E-state index in [9.17, 15) is 4.79 Å². The van der Waals surface area contributed by atoms with E-state index in [2.05, 4.69) is 23.2 Å². The Kier molecular flexibility index (Phi) is 2.95. The van der Waals surface area contributed by atoms with E-state index in [0.717, 1.165) is 30.1 Å². The Morgan fingerprint density at radius 3 is 3.11 bits per heavy atom. The molecule has 1 spiro atoms. The zero-order chi connectivity index (χ0) is 13.3. The smallest absolute Gasteiger partial charge is 0.317 e. The van der Waals surface area contributed by atoms with Gasteiger partial charge in [0.1, 0.15) is 0 Å². The molecule has 0 bridgehead atoms. The number of para-hydroxylation sites is 1. The van der Waals surface area contributed by atoms with Gasteiger partial charge in [-0.3, -0.25) is 14.7 Å². The van der Waals surface area contributed by atoms with E-state index in [0.29, 0.717) is 0 Å². The molecule has 1 saturated heterocycles. The minimum absolute atomic E-state index is 0.0778. The molecular formula is C15H16N2O2. The number of aliphatic carboxylic acids is 1. The van der Waals surface area contributed by atoms with E-state index < -0.39 is 5.97 Å². The number of nitrogens with zero attached hydrogens (tertiary/aromatic N) is 2. The van der Waals surface area contributed by atoms with Gasteiger partial charge in [-0.05, 0) is 24.3 Å². The molecule has 2 aliphatic rings.